The molecule has 26 heavy (non-hydrogen) atoms. The van der Waals surface area contributed by atoms with E-state index in [4.69, 9.17) is 5.73 Å². The van der Waals surface area contributed by atoms with Gasteiger partial charge in [-0.1, -0.05) is 13.8 Å². The zero-order chi connectivity index (χ0) is 18.8. The molecule has 9 heteroatoms. The van der Waals surface area contributed by atoms with Gasteiger partial charge in [-0.2, -0.15) is 0 Å². The third kappa shape index (κ3) is 3.94. The molecule has 2 atom stereocenters. The number of amides is 2. The number of hydrogen-bond acceptors (Lipinski definition) is 6. The fourth-order valence-corrected chi connectivity index (χ4v) is 3.72. The molecule has 3 heterocycles. The maximum absolute atomic E-state index is 12.6. The van der Waals surface area contributed by atoms with Crippen LogP contribution >= 0.6 is 11.3 Å². The standard InChI is InChI=1S/C17H24N6O2S/c1-10(2)16(25)21-17-20-11(9-26-17)6-14(24)23-7-12(13(18)8-23)15-19-4-5-22(15)3/h4-5,9-10,12-13H,6-8,18H2,1-3H3,(H,20,21,25)/t12-,13-/m1/s1. The lowest BCUT2D eigenvalue weighted by Gasteiger charge is -2.15. The van der Waals surface area contributed by atoms with Gasteiger partial charge in [0.25, 0.3) is 0 Å². The van der Waals surface area contributed by atoms with E-state index in [2.05, 4.69) is 15.3 Å². The van der Waals surface area contributed by atoms with Crippen LogP contribution in [0.15, 0.2) is 17.8 Å². The Bertz CT molecular complexity index is 799. The van der Waals surface area contributed by atoms with E-state index in [0.29, 0.717) is 23.9 Å². The summed E-state index contributed by atoms with van der Waals surface area (Å²) >= 11 is 1.33. The molecule has 2 aromatic rings. The van der Waals surface area contributed by atoms with Crippen molar-refractivity contribution in [3.8, 4) is 0 Å². The van der Waals surface area contributed by atoms with E-state index in [-0.39, 0.29) is 36.1 Å². The van der Waals surface area contributed by atoms with Gasteiger partial charge in [0.1, 0.15) is 5.82 Å². The molecule has 0 saturated carbocycles. The number of thiazole rings is 1. The SMILES string of the molecule is CC(C)C(=O)Nc1nc(CC(=O)N2C[C@@H](N)[C@H](c3nccn3C)C2)cs1. The Morgan fingerprint density at radius 1 is 1.42 bits per heavy atom. The summed E-state index contributed by atoms with van der Waals surface area (Å²) in [7, 11) is 1.93. The fourth-order valence-electron chi connectivity index (χ4n) is 3.00. The molecule has 8 nitrogen and oxygen atoms in total. The molecule has 1 fully saturated rings. The van der Waals surface area contributed by atoms with Crippen LogP contribution in [0.25, 0.3) is 0 Å². The van der Waals surface area contributed by atoms with Crippen molar-refractivity contribution in [3.63, 3.8) is 0 Å². The number of anilines is 1. The number of imidazole rings is 1. The van der Waals surface area contributed by atoms with E-state index in [1.54, 1.807) is 16.5 Å². The van der Waals surface area contributed by atoms with Crippen LogP contribution in [0.1, 0.15) is 31.3 Å². The summed E-state index contributed by atoms with van der Waals surface area (Å²) in [4.78, 5) is 34.8. The highest BCUT2D eigenvalue weighted by Gasteiger charge is 2.36. The first kappa shape index (κ1) is 18.5. The van der Waals surface area contributed by atoms with Gasteiger partial charge in [-0.05, 0) is 0 Å². The first-order chi connectivity index (χ1) is 12.3. The zero-order valence-corrected chi connectivity index (χ0v) is 16.0. The lowest BCUT2D eigenvalue weighted by Crippen LogP contribution is -2.33. The molecule has 0 radical (unpaired) electrons. The Balaban J connectivity index is 1.60. The van der Waals surface area contributed by atoms with E-state index < -0.39 is 0 Å². The number of likely N-dealkylation sites (tertiary alicyclic amines) is 1. The zero-order valence-electron chi connectivity index (χ0n) is 15.2. The maximum atomic E-state index is 12.6. The summed E-state index contributed by atoms with van der Waals surface area (Å²) < 4.78 is 1.95. The van der Waals surface area contributed by atoms with Crippen LogP contribution in [0.2, 0.25) is 0 Å². The average molecular weight is 376 g/mol. The summed E-state index contributed by atoms with van der Waals surface area (Å²) in [6.45, 7) is 4.72. The number of hydrogen-bond donors (Lipinski definition) is 2. The van der Waals surface area contributed by atoms with Crippen molar-refractivity contribution in [2.45, 2.75) is 32.2 Å². The third-order valence-corrected chi connectivity index (χ3v) is 5.35. The van der Waals surface area contributed by atoms with Crippen LogP contribution in [-0.4, -0.2) is 50.4 Å². The normalized spacial score (nSPS) is 20.0. The number of nitrogens with two attached hydrogens (primary N) is 1. The molecular formula is C17H24N6O2S. The second-order valence-electron chi connectivity index (χ2n) is 6.93. The van der Waals surface area contributed by atoms with Crippen LogP contribution in [0.5, 0.6) is 0 Å². The van der Waals surface area contributed by atoms with E-state index >= 15 is 0 Å². The van der Waals surface area contributed by atoms with Crippen LogP contribution in [0, 0.1) is 5.92 Å². The van der Waals surface area contributed by atoms with E-state index in [0.717, 1.165) is 5.82 Å². The number of carbonyl (C=O) groups is 2. The molecule has 1 aliphatic rings. The first-order valence-corrected chi connectivity index (χ1v) is 9.49. The number of aryl methyl sites for hydroxylation is 1. The highest BCUT2D eigenvalue weighted by molar-refractivity contribution is 7.13. The molecular weight excluding hydrogens is 352 g/mol. The number of carbonyl (C=O) groups excluding carboxylic acids is 2. The summed E-state index contributed by atoms with van der Waals surface area (Å²) in [5, 5.41) is 5.09. The van der Waals surface area contributed by atoms with Gasteiger partial charge in [0.05, 0.1) is 18.0 Å². The van der Waals surface area contributed by atoms with E-state index in [1.165, 1.54) is 11.3 Å². The molecule has 2 amide bonds. The Morgan fingerprint density at radius 2 is 2.19 bits per heavy atom. The Morgan fingerprint density at radius 3 is 2.85 bits per heavy atom. The molecule has 0 spiro atoms. The molecule has 0 bridgehead atoms. The Kier molecular flexibility index (Phi) is 5.38. The fraction of sp³-hybridized carbons (Fsp3) is 0.529. The van der Waals surface area contributed by atoms with Crippen molar-refractivity contribution < 1.29 is 9.59 Å². The predicted octanol–water partition coefficient (Wildman–Crippen LogP) is 0.967. The second-order valence-corrected chi connectivity index (χ2v) is 7.79. The molecule has 140 valence electrons. The van der Waals surface area contributed by atoms with Gasteiger partial charge >= 0.3 is 0 Å². The molecule has 3 N–H and O–H groups in total. The van der Waals surface area contributed by atoms with Crippen molar-refractivity contribution in [3.05, 3.63) is 29.3 Å². The minimum atomic E-state index is -0.128. The van der Waals surface area contributed by atoms with Crippen LogP contribution in [-0.2, 0) is 23.1 Å². The largest absolute Gasteiger partial charge is 0.340 e. The summed E-state index contributed by atoms with van der Waals surface area (Å²) in [6, 6.07) is -0.128. The highest BCUT2D eigenvalue weighted by Crippen LogP contribution is 2.26. The number of rotatable bonds is 5. The molecule has 3 rings (SSSR count). The second kappa shape index (κ2) is 7.55. The van der Waals surface area contributed by atoms with Gasteiger partial charge in [-0.15, -0.1) is 11.3 Å². The number of nitrogens with zero attached hydrogens (tertiary/aromatic N) is 4. The van der Waals surface area contributed by atoms with Crippen molar-refractivity contribution >= 4 is 28.3 Å². The van der Waals surface area contributed by atoms with Gasteiger partial charge < -0.3 is 20.5 Å². The number of aromatic nitrogens is 3. The van der Waals surface area contributed by atoms with E-state index in [1.807, 2.05) is 31.7 Å². The summed E-state index contributed by atoms with van der Waals surface area (Å²) in [5.41, 5.74) is 6.90. The maximum Gasteiger partial charge on any atom is 0.228 e. The van der Waals surface area contributed by atoms with Gasteiger partial charge in [0.15, 0.2) is 5.13 Å². The van der Waals surface area contributed by atoms with Crippen LogP contribution in [0.3, 0.4) is 0 Å². The Hall–Kier alpha value is -2.26. The van der Waals surface area contributed by atoms with Crippen molar-refractivity contribution in [1.82, 2.24) is 19.4 Å². The van der Waals surface area contributed by atoms with Crippen molar-refractivity contribution in [2.75, 3.05) is 18.4 Å². The van der Waals surface area contributed by atoms with Gasteiger partial charge in [-0.3, -0.25) is 9.59 Å². The quantitative estimate of drug-likeness (QED) is 0.809. The van der Waals surface area contributed by atoms with Gasteiger partial charge in [-0.25, -0.2) is 9.97 Å². The van der Waals surface area contributed by atoms with Crippen molar-refractivity contribution in [2.24, 2.45) is 18.7 Å². The van der Waals surface area contributed by atoms with Crippen LogP contribution in [0.4, 0.5) is 5.13 Å². The molecule has 1 saturated heterocycles. The molecule has 0 aromatic carbocycles. The summed E-state index contributed by atoms with van der Waals surface area (Å²) in [5.74, 6) is 0.735. The molecule has 2 aromatic heterocycles. The molecule has 0 aliphatic carbocycles. The number of nitrogens with one attached hydrogen (secondary N) is 1. The first-order valence-electron chi connectivity index (χ1n) is 8.61. The highest BCUT2D eigenvalue weighted by atomic mass is 32.1. The lowest BCUT2D eigenvalue weighted by molar-refractivity contribution is -0.129. The topological polar surface area (TPSA) is 106 Å². The van der Waals surface area contributed by atoms with Crippen molar-refractivity contribution in [1.29, 1.82) is 0 Å². The predicted molar refractivity (Wildman–Crippen MR) is 99.8 cm³/mol. The smallest absolute Gasteiger partial charge is 0.228 e. The monoisotopic (exact) mass is 376 g/mol. The molecule has 1 aliphatic heterocycles. The summed E-state index contributed by atoms with van der Waals surface area (Å²) in [6.07, 6.45) is 3.83. The van der Waals surface area contributed by atoms with Gasteiger partial charge in [0.2, 0.25) is 11.8 Å². The minimum absolute atomic E-state index is 0.0100. The molecule has 0 unspecified atom stereocenters. The van der Waals surface area contributed by atoms with Crippen LogP contribution < -0.4 is 11.1 Å². The van der Waals surface area contributed by atoms with E-state index in [9.17, 15) is 9.59 Å². The Labute approximate surface area is 156 Å². The lowest BCUT2D eigenvalue weighted by atomic mass is 10.0. The average Bonchev–Trinajstić information content (AvgIpc) is 3.28. The third-order valence-electron chi connectivity index (χ3n) is 4.55. The van der Waals surface area contributed by atoms with Gasteiger partial charge in [0, 0.05) is 49.9 Å². The minimum Gasteiger partial charge on any atom is -0.340 e.